The maximum Gasteiger partial charge on any atom is 0.410 e. The molecule has 0 unspecified atom stereocenters. The van der Waals surface area contributed by atoms with Gasteiger partial charge in [-0.1, -0.05) is 0 Å². The van der Waals surface area contributed by atoms with Crippen LogP contribution in [0.5, 0.6) is 0 Å². The van der Waals surface area contributed by atoms with E-state index in [1.165, 1.54) is 18.1 Å². The molecule has 5 nitrogen and oxygen atoms in total. The van der Waals surface area contributed by atoms with Crippen LogP contribution in [-0.2, 0) is 14.3 Å². The molecule has 0 radical (unpaired) electrons. The molecule has 0 spiro atoms. The number of rotatable bonds is 6. The third kappa shape index (κ3) is 8.80. The number of alkyl halides is 1. The molecule has 0 N–H and O–H groups in total. The van der Waals surface area contributed by atoms with Crippen LogP contribution in [0.1, 0.15) is 33.6 Å². The molecule has 0 aliphatic carbocycles. The Bertz CT molecular complexity index is 361. The standard InChI is InChI=1S/C14H24ClNO4/c1-14(2,3)20-13(18)16(4)10-11(7-6-8-15)9-12(17)19-5/h9H,6-8,10H2,1-5H3/b11-9-. The van der Waals surface area contributed by atoms with Crippen LogP contribution < -0.4 is 0 Å². The highest BCUT2D eigenvalue weighted by Crippen LogP contribution is 2.12. The zero-order chi connectivity index (χ0) is 15.8. The Hall–Kier alpha value is -1.23. The smallest absolute Gasteiger partial charge is 0.410 e. The minimum absolute atomic E-state index is 0.306. The van der Waals surface area contributed by atoms with Crippen LogP contribution in [0.25, 0.3) is 0 Å². The van der Waals surface area contributed by atoms with Gasteiger partial charge < -0.3 is 14.4 Å². The van der Waals surface area contributed by atoms with E-state index in [4.69, 9.17) is 16.3 Å². The molecule has 0 saturated heterocycles. The van der Waals surface area contributed by atoms with Gasteiger partial charge in [0.2, 0.25) is 0 Å². The molecule has 0 aliphatic rings. The predicted octanol–water partition coefficient (Wildman–Crippen LogP) is 2.97. The number of carbonyl (C=O) groups excluding carboxylic acids is 2. The maximum atomic E-state index is 11.9. The second kappa shape index (κ2) is 8.84. The van der Waals surface area contributed by atoms with Crippen LogP contribution in [0.4, 0.5) is 4.79 Å². The third-order valence-electron chi connectivity index (χ3n) is 2.30. The summed E-state index contributed by atoms with van der Waals surface area (Å²) in [5.74, 6) is 0.0569. The van der Waals surface area contributed by atoms with Gasteiger partial charge in [-0.3, -0.25) is 0 Å². The van der Waals surface area contributed by atoms with Gasteiger partial charge in [0, 0.05) is 25.5 Å². The lowest BCUT2D eigenvalue weighted by atomic mass is 10.1. The number of amides is 1. The van der Waals surface area contributed by atoms with Crippen LogP contribution in [0.2, 0.25) is 0 Å². The summed E-state index contributed by atoms with van der Waals surface area (Å²) in [7, 11) is 2.94. The van der Waals surface area contributed by atoms with Crippen molar-refractivity contribution < 1.29 is 19.1 Å². The van der Waals surface area contributed by atoms with Crippen molar-refractivity contribution >= 4 is 23.7 Å². The Morgan fingerprint density at radius 3 is 2.35 bits per heavy atom. The number of hydrogen-bond donors (Lipinski definition) is 0. The van der Waals surface area contributed by atoms with Gasteiger partial charge in [0.15, 0.2) is 0 Å². The second-order valence-electron chi connectivity index (χ2n) is 5.45. The van der Waals surface area contributed by atoms with Crippen molar-refractivity contribution in [1.29, 1.82) is 0 Å². The Balaban J connectivity index is 4.67. The maximum absolute atomic E-state index is 11.9. The first-order valence-corrected chi connectivity index (χ1v) is 7.00. The molecular formula is C14H24ClNO4. The van der Waals surface area contributed by atoms with Crippen LogP contribution >= 0.6 is 11.6 Å². The number of esters is 1. The van der Waals surface area contributed by atoms with Crippen LogP contribution in [0, 0.1) is 0 Å². The topological polar surface area (TPSA) is 55.8 Å². The summed E-state index contributed by atoms with van der Waals surface area (Å²) in [4.78, 5) is 24.6. The number of ether oxygens (including phenoxy) is 2. The summed E-state index contributed by atoms with van der Waals surface area (Å²) in [6.45, 7) is 5.72. The first-order valence-electron chi connectivity index (χ1n) is 6.47. The average Bonchev–Trinajstić information content (AvgIpc) is 2.33. The van der Waals surface area contributed by atoms with Crippen LogP contribution in [-0.4, -0.2) is 49.1 Å². The molecule has 0 aromatic rings. The molecule has 20 heavy (non-hydrogen) atoms. The third-order valence-corrected chi connectivity index (χ3v) is 2.57. The fourth-order valence-electron chi connectivity index (χ4n) is 1.43. The quantitative estimate of drug-likeness (QED) is 0.430. The molecule has 116 valence electrons. The largest absolute Gasteiger partial charge is 0.466 e. The van der Waals surface area contributed by atoms with Gasteiger partial charge in [-0.2, -0.15) is 0 Å². The van der Waals surface area contributed by atoms with Crippen molar-refractivity contribution in [2.75, 3.05) is 26.6 Å². The minimum Gasteiger partial charge on any atom is -0.466 e. The van der Waals surface area contributed by atoms with Gasteiger partial charge in [0.25, 0.3) is 0 Å². The van der Waals surface area contributed by atoms with E-state index in [1.54, 1.807) is 27.8 Å². The Kier molecular flexibility index (Phi) is 8.30. The van der Waals surface area contributed by atoms with E-state index in [9.17, 15) is 9.59 Å². The van der Waals surface area contributed by atoms with E-state index >= 15 is 0 Å². The number of halogens is 1. The molecule has 6 heteroatoms. The number of nitrogens with zero attached hydrogens (tertiary/aromatic N) is 1. The molecule has 0 rings (SSSR count). The predicted molar refractivity (Wildman–Crippen MR) is 78.9 cm³/mol. The van der Waals surface area contributed by atoms with E-state index in [2.05, 4.69) is 4.74 Å². The summed E-state index contributed by atoms with van der Waals surface area (Å²) in [5.41, 5.74) is 0.235. The highest BCUT2D eigenvalue weighted by molar-refractivity contribution is 6.17. The lowest BCUT2D eigenvalue weighted by Gasteiger charge is -2.25. The monoisotopic (exact) mass is 305 g/mol. The van der Waals surface area contributed by atoms with Gasteiger partial charge in [0.1, 0.15) is 5.60 Å². The molecule has 0 aromatic heterocycles. The Morgan fingerprint density at radius 2 is 1.90 bits per heavy atom. The minimum atomic E-state index is -0.548. The molecule has 0 saturated carbocycles. The molecule has 0 aromatic carbocycles. The van der Waals surface area contributed by atoms with Crippen molar-refractivity contribution in [3.8, 4) is 0 Å². The molecule has 0 fully saturated rings. The normalized spacial score (nSPS) is 12.0. The summed E-state index contributed by atoms with van der Waals surface area (Å²) < 4.78 is 9.85. The van der Waals surface area contributed by atoms with Crippen molar-refractivity contribution in [3.05, 3.63) is 11.6 Å². The summed E-state index contributed by atoms with van der Waals surface area (Å²) >= 11 is 5.65. The molecule has 0 heterocycles. The SMILES string of the molecule is COC(=O)/C=C(/CCCCl)CN(C)C(=O)OC(C)(C)C. The lowest BCUT2D eigenvalue weighted by molar-refractivity contribution is -0.134. The van der Waals surface area contributed by atoms with Crippen LogP contribution in [0.3, 0.4) is 0 Å². The Labute approximate surface area is 125 Å². The molecular weight excluding hydrogens is 282 g/mol. The van der Waals surface area contributed by atoms with Gasteiger partial charge in [-0.15, -0.1) is 11.6 Å². The summed E-state index contributed by atoms with van der Waals surface area (Å²) in [5, 5.41) is 0. The average molecular weight is 306 g/mol. The Morgan fingerprint density at radius 1 is 1.30 bits per heavy atom. The number of carbonyl (C=O) groups is 2. The fraction of sp³-hybridized carbons (Fsp3) is 0.714. The van der Waals surface area contributed by atoms with E-state index in [1.807, 2.05) is 0 Å². The first-order chi connectivity index (χ1) is 9.19. The fourth-order valence-corrected chi connectivity index (χ4v) is 1.56. The van der Waals surface area contributed by atoms with Crippen molar-refractivity contribution in [2.45, 2.75) is 39.2 Å². The van der Waals surface area contributed by atoms with Gasteiger partial charge in [-0.05, 0) is 39.2 Å². The van der Waals surface area contributed by atoms with Gasteiger partial charge in [0.05, 0.1) is 7.11 Å². The van der Waals surface area contributed by atoms with E-state index in [0.29, 0.717) is 18.8 Å². The highest BCUT2D eigenvalue weighted by atomic mass is 35.5. The number of likely N-dealkylation sites (N-methyl/N-ethyl adjacent to an activating group) is 1. The zero-order valence-electron chi connectivity index (χ0n) is 12.9. The second-order valence-corrected chi connectivity index (χ2v) is 5.83. The first kappa shape index (κ1) is 18.8. The highest BCUT2D eigenvalue weighted by Gasteiger charge is 2.20. The van der Waals surface area contributed by atoms with E-state index in [-0.39, 0.29) is 0 Å². The summed E-state index contributed by atoms with van der Waals surface area (Å²) in [6, 6.07) is 0. The number of methoxy groups -OCH3 is 1. The molecule has 0 bridgehead atoms. The van der Waals surface area contributed by atoms with Crippen LogP contribution in [0.15, 0.2) is 11.6 Å². The molecule has 0 atom stereocenters. The summed E-state index contributed by atoms with van der Waals surface area (Å²) in [6.07, 6.45) is 2.32. The van der Waals surface area contributed by atoms with Crippen molar-refractivity contribution in [2.24, 2.45) is 0 Å². The van der Waals surface area contributed by atoms with E-state index < -0.39 is 17.7 Å². The van der Waals surface area contributed by atoms with Gasteiger partial charge >= 0.3 is 12.1 Å². The van der Waals surface area contributed by atoms with Crippen molar-refractivity contribution in [1.82, 2.24) is 4.90 Å². The zero-order valence-corrected chi connectivity index (χ0v) is 13.6. The van der Waals surface area contributed by atoms with E-state index in [0.717, 1.165) is 12.0 Å². The van der Waals surface area contributed by atoms with Gasteiger partial charge in [-0.25, -0.2) is 9.59 Å². The molecule has 1 amide bonds. The number of hydrogen-bond acceptors (Lipinski definition) is 4. The molecule has 0 aliphatic heterocycles. The lowest BCUT2D eigenvalue weighted by Crippen LogP contribution is -2.35. The van der Waals surface area contributed by atoms with Crippen molar-refractivity contribution in [3.63, 3.8) is 0 Å².